The van der Waals surface area contributed by atoms with Gasteiger partial charge in [0.25, 0.3) is 5.91 Å². The third kappa shape index (κ3) is 4.60. The number of ether oxygens (including phenoxy) is 1. The number of carbonyl (C=O) groups is 2. The summed E-state index contributed by atoms with van der Waals surface area (Å²) in [5, 5.41) is 3.72. The van der Waals surface area contributed by atoms with Crippen molar-refractivity contribution in [3.8, 4) is 0 Å². The van der Waals surface area contributed by atoms with Gasteiger partial charge in [0.2, 0.25) is 5.91 Å². The Labute approximate surface area is 148 Å². The first kappa shape index (κ1) is 19.0. The topological polar surface area (TPSA) is 71.8 Å². The molecule has 6 nitrogen and oxygen atoms in total. The van der Waals surface area contributed by atoms with Gasteiger partial charge < -0.3 is 19.4 Å². The fourth-order valence-corrected chi connectivity index (χ4v) is 2.66. The molecule has 0 unspecified atom stereocenters. The maximum atomic E-state index is 12.9. The second kappa shape index (κ2) is 7.70. The van der Waals surface area contributed by atoms with Gasteiger partial charge >= 0.3 is 0 Å². The molecule has 1 heterocycles. The number of rotatable bonds is 6. The van der Waals surface area contributed by atoms with E-state index in [1.807, 2.05) is 52.0 Å². The number of methoxy groups -OCH3 is 1. The predicted octanol–water partition coefficient (Wildman–Crippen LogP) is 2.96. The van der Waals surface area contributed by atoms with E-state index in [-0.39, 0.29) is 36.3 Å². The fourth-order valence-electron chi connectivity index (χ4n) is 2.66. The van der Waals surface area contributed by atoms with E-state index < -0.39 is 0 Å². The number of fused-ring (bicyclic) bond motifs is 1. The van der Waals surface area contributed by atoms with Gasteiger partial charge in [-0.25, -0.2) is 0 Å². The van der Waals surface area contributed by atoms with Crippen molar-refractivity contribution in [2.45, 2.75) is 39.8 Å². The first-order valence-corrected chi connectivity index (χ1v) is 8.36. The molecule has 2 amide bonds. The summed E-state index contributed by atoms with van der Waals surface area (Å²) >= 11 is 0. The number of nitrogens with one attached hydrogen (secondary N) is 1. The summed E-state index contributed by atoms with van der Waals surface area (Å²) < 4.78 is 11.0. The van der Waals surface area contributed by atoms with Crippen LogP contribution in [0.15, 0.2) is 28.7 Å². The van der Waals surface area contributed by atoms with Crippen molar-refractivity contribution in [3.63, 3.8) is 0 Å². The van der Waals surface area contributed by atoms with E-state index in [0.29, 0.717) is 17.7 Å². The monoisotopic (exact) mass is 346 g/mol. The highest BCUT2D eigenvalue weighted by atomic mass is 16.5. The quantitative estimate of drug-likeness (QED) is 0.873. The molecule has 1 aromatic heterocycles. The van der Waals surface area contributed by atoms with Crippen molar-refractivity contribution >= 4 is 22.8 Å². The van der Waals surface area contributed by atoms with Crippen molar-refractivity contribution < 1.29 is 18.7 Å². The van der Waals surface area contributed by atoms with Gasteiger partial charge in [-0.2, -0.15) is 0 Å². The van der Waals surface area contributed by atoms with Gasteiger partial charge in [0.15, 0.2) is 5.76 Å². The lowest BCUT2D eigenvalue weighted by atomic mass is 10.1. The number of carbonyl (C=O) groups excluding carboxylic acids is 2. The van der Waals surface area contributed by atoms with Gasteiger partial charge in [-0.15, -0.1) is 0 Å². The Balaban J connectivity index is 2.29. The fraction of sp³-hybridized carbons (Fsp3) is 0.474. The second-order valence-corrected chi connectivity index (χ2v) is 6.96. The molecule has 136 valence electrons. The number of hydrogen-bond acceptors (Lipinski definition) is 4. The van der Waals surface area contributed by atoms with E-state index in [9.17, 15) is 9.59 Å². The molecule has 1 N–H and O–H groups in total. The molecular weight excluding hydrogens is 320 g/mol. The first-order valence-electron chi connectivity index (χ1n) is 8.36. The number of nitrogens with zero attached hydrogens (tertiary/aromatic N) is 1. The molecule has 0 aliphatic rings. The first-order chi connectivity index (χ1) is 11.8. The van der Waals surface area contributed by atoms with E-state index in [1.165, 1.54) is 4.90 Å². The molecule has 25 heavy (non-hydrogen) atoms. The molecule has 0 atom stereocenters. The van der Waals surface area contributed by atoms with Crippen LogP contribution in [0.2, 0.25) is 0 Å². The van der Waals surface area contributed by atoms with E-state index in [4.69, 9.17) is 9.15 Å². The molecule has 0 aliphatic carbocycles. The van der Waals surface area contributed by atoms with Gasteiger partial charge in [-0.05, 0) is 33.8 Å². The van der Waals surface area contributed by atoms with Crippen LogP contribution < -0.4 is 5.32 Å². The zero-order valence-electron chi connectivity index (χ0n) is 15.5. The van der Waals surface area contributed by atoms with Crippen LogP contribution in [0.1, 0.15) is 43.8 Å². The largest absolute Gasteiger partial charge is 0.451 e. The van der Waals surface area contributed by atoms with Crippen LogP contribution in [0.4, 0.5) is 0 Å². The molecule has 0 saturated carbocycles. The van der Waals surface area contributed by atoms with Crippen LogP contribution in [0.5, 0.6) is 0 Å². The summed E-state index contributed by atoms with van der Waals surface area (Å²) in [6.45, 7) is 8.19. The third-order valence-corrected chi connectivity index (χ3v) is 3.70. The standard InChI is InChI=1S/C19H26N2O4/c1-6-21(11-16(22)20-19(2,3)4)18(23)17-14(12-24-5)13-9-7-8-10-15(13)25-17/h7-10H,6,11-12H2,1-5H3,(H,20,22). The highest BCUT2D eigenvalue weighted by molar-refractivity contribution is 6.00. The molecule has 2 rings (SSSR count). The van der Waals surface area contributed by atoms with Gasteiger partial charge in [0.1, 0.15) is 5.58 Å². The van der Waals surface area contributed by atoms with E-state index >= 15 is 0 Å². The Bertz CT molecular complexity index is 758. The molecule has 0 spiro atoms. The molecule has 0 bridgehead atoms. The van der Waals surface area contributed by atoms with E-state index in [1.54, 1.807) is 7.11 Å². The summed E-state index contributed by atoms with van der Waals surface area (Å²) in [4.78, 5) is 26.6. The third-order valence-electron chi connectivity index (χ3n) is 3.70. The minimum absolute atomic E-state index is 0.0178. The van der Waals surface area contributed by atoms with Crippen molar-refractivity contribution in [1.82, 2.24) is 10.2 Å². The number of furan rings is 1. The van der Waals surface area contributed by atoms with Crippen molar-refractivity contribution in [3.05, 3.63) is 35.6 Å². The summed E-state index contributed by atoms with van der Waals surface area (Å²) in [6, 6.07) is 7.45. The molecule has 1 aromatic carbocycles. The molecule has 0 saturated heterocycles. The van der Waals surface area contributed by atoms with Crippen LogP contribution in [0, 0.1) is 0 Å². The van der Waals surface area contributed by atoms with Crippen molar-refractivity contribution in [2.75, 3.05) is 20.2 Å². The Morgan fingerprint density at radius 3 is 2.52 bits per heavy atom. The Morgan fingerprint density at radius 2 is 1.92 bits per heavy atom. The summed E-state index contributed by atoms with van der Waals surface area (Å²) in [5.41, 5.74) is 0.992. The number of hydrogen-bond donors (Lipinski definition) is 1. The van der Waals surface area contributed by atoms with Crippen LogP contribution in [-0.2, 0) is 16.1 Å². The lowest BCUT2D eigenvalue weighted by Gasteiger charge is -2.24. The predicted molar refractivity (Wildman–Crippen MR) is 96.4 cm³/mol. The Kier molecular flexibility index (Phi) is 5.85. The van der Waals surface area contributed by atoms with Gasteiger partial charge in [-0.3, -0.25) is 9.59 Å². The molecule has 0 aliphatic heterocycles. The highest BCUT2D eigenvalue weighted by Crippen LogP contribution is 2.27. The maximum absolute atomic E-state index is 12.9. The minimum atomic E-state index is -0.347. The van der Waals surface area contributed by atoms with Gasteiger partial charge in [0, 0.05) is 30.1 Å². The van der Waals surface area contributed by atoms with Crippen molar-refractivity contribution in [2.24, 2.45) is 0 Å². The molecule has 2 aromatic rings. The highest BCUT2D eigenvalue weighted by Gasteiger charge is 2.26. The maximum Gasteiger partial charge on any atom is 0.290 e. The van der Waals surface area contributed by atoms with Crippen molar-refractivity contribution in [1.29, 1.82) is 0 Å². The van der Waals surface area contributed by atoms with Crippen LogP contribution in [-0.4, -0.2) is 42.5 Å². The molecule has 6 heteroatoms. The van der Waals surface area contributed by atoms with E-state index in [0.717, 1.165) is 5.39 Å². The molecule has 0 fully saturated rings. The summed E-state index contributed by atoms with van der Waals surface area (Å²) in [7, 11) is 1.57. The van der Waals surface area contributed by atoms with Crippen LogP contribution >= 0.6 is 0 Å². The van der Waals surface area contributed by atoms with Crippen LogP contribution in [0.25, 0.3) is 11.0 Å². The number of para-hydroxylation sites is 1. The normalized spacial score (nSPS) is 11.6. The number of likely N-dealkylation sites (N-methyl/N-ethyl adjacent to an activating group) is 1. The zero-order chi connectivity index (χ0) is 18.6. The lowest BCUT2D eigenvalue weighted by Crippen LogP contribution is -2.47. The average Bonchev–Trinajstić information content (AvgIpc) is 2.89. The Hall–Kier alpha value is -2.34. The Morgan fingerprint density at radius 1 is 1.24 bits per heavy atom. The van der Waals surface area contributed by atoms with Crippen LogP contribution in [0.3, 0.4) is 0 Å². The lowest BCUT2D eigenvalue weighted by molar-refractivity contribution is -0.123. The SMILES string of the molecule is CCN(CC(=O)NC(C)(C)C)C(=O)c1oc2ccccc2c1COC. The number of benzene rings is 1. The zero-order valence-corrected chi connectivity index (χ0v) is 15.5. The second-order valence-electron chi connectivity index (χ2n) is 6.96. The van der Waals surface area contributed by atoms with Gasteiger partial charge in [-0.1, -0.05) is 18.2 Å². The van der Waals surface area contributed by atoms with Gasteiger partial charge in [0.05, 0.1) is 13.2 Å². The number of amides is 2. The smallest absolute Gasteiger partial charge is 0.290 e. The summed E-state index contributed by atoms with van der Waals surface area (Å²) in [6.07, 6.45) is 0. The summed E-state index contributed by atoms with van der Waals surface area (Å²) in [5.74, 6) is -0.282. The van der Waals surface area contributed by atoms with E-state index in [2.05, 4.69) is 5.32 Å². The molecule has 0 radical (unpaired) electrons. The minimum Gasteiger partial charge on any atom is -0.451 e. The average molecular weight is 346 g/mol. The molecular formula is C19H26N2O4.